The van der Waals surface area contributed by atoms with Gasteiger partial charge in [0.15, 0.2) is 5.82 Å². The van der Waals surface area contributed by atoms with Crippen molar-refractivity contribution in [2.45, 2.75) is 17.3 Å². The zero-order valence-electron chi connectivity index (χ0n) is 13.7. The molecule has 0 aliphatic carbocycles. The van der Waals surface area contributed by atoms with Crippen molar-refractivity contribution in [3.05, 3.63) is 60.2 Å². The summed E-state index contributed by atoms with van der Waals surface area (Å²) in [5.74, 6) is 5.06. The Morgan fingerprint density at radius 2 is 1.85 bits per heavy atom. The number of hydrogen-bond acceptors (Lipinski definition) is 5. The molecule has 3 N–H and O–H groups in total. The summed E-state index contributed by atoms with van der Waals surface area (Å²) in [6.07, 6.45) is 0. The van der Waals surface area contributed by atoms with E-state index in [2.05, 4.69) is 15.5 Å². The topological polar surface area (TPSA) is 85.8 Å². The molecule has 6 nitrogen and oxygen atoms in total. The number of hydrogen-bond donors (Lipinski definition) is 2. The average Bonchev–Trinajstić information content (AvgIpc) is 2.95. The molecule has 26 heavy (non-hydrogen) atoms. The van der Waals surface area contributed by atoms with Gasteiger partial charge in [-0.2, -0.15) is 0 Å². The number of benzene rings is 2. The largest absolute Gasteiger partial charge is 0.335 e. The molecule has 1 amide bonds. The van der Waals surface area contributed by atoms with Gasteiger partial charge in [-0.25, -0.2) is 13.5 Å². The van der Waals surface area contributed by atoms with Crippen LogP contribution >= 0.6 is 11.8 Å². The SMILES string of the molecule is C[C@@H](Sc1nnc(-c2cccc(F)c2)n1N)C(=O)Nc1cccc(F)c1. The molecule has 0 fully saturated rings. The molecule has 0 saturated heterocycles. The first-order valence-electron chi connectivity index (χ1n) is 7.63. The Morgan fingerprint density at radius 3 is 2.54 bits per heavy atom. The fraction of sp³-hybridized carbons (Fsp3) is 0.118. The van der Waals surface area contributed by atoms with Crippen molar-refractivity contribution in [1.29, 1.82) is 0 Å². The smallest absolute Gasteiger partial charge is 0.237 e. The normalized spacial score (nSPS) is 12.0. The molecule has 134 valence electrons. The lowest BCUT2D eigenvalue weighted by atomic mass is 10.2. The van der Waals surface area contributed by atoms with Crippen LogP contribution in [-0.2, 0) is 4.79 Å². The zero-order chi connectivity index (χ0) is 18.7. The first-order chi connectivity index (χ1) is 12.4. The molecule has 1 heterocycles. The summed E-state index contributed by atoms with van der Waals surface area (Å²) < 4.78 is 27.7. The Labute approximate surface area is 152 Å². The maximum atomic E-state index is 13.4. The number of carbonyl (C=O) groups excluding carboxylic acids is 1. The number of anilines is 1. The number of nitrogen functional groups attached to an aromatic ring is 1. The van der Waals surface area contributed by atoms with Gasteiger partial charge in [-0.1, -0.05) is 30.0 Å². The molecule has 1 aromatic heterocycles. The van der Waals surface area contributed by atoms with Crippen LogP contribution in [-0.4, -0.2) is 26.0 Å². The number of nitrogens with two attached hydrogens (primary N) is 1. The van der Waals surface area contributed by atoms with E-state index < -0.39 is 16.9 Å². The Kier molecular flexibility index (Phi) is 5.17. The minimum Gasteiger partial charge on any atom is -0.335 e. The van der Waals surface area contributed by atoms with E-state index >= 15 is 0 Å². The number of carbonyl (C=O) groups is 1. The number of nitrogens with zero attached hydrogens (tertiary/aromatic N) is 3. The fourth-order valence-electron chi connectivity index (χ4n) is 2.20. The third-order valence-electron chi connectivity index (χ3n) is 3.49. The van der Waals surface area contributed by atoms with Crippen LogP contribution in [0.2, 0.25) is 0 Å². The van der Waals surface area contributed by atoms with Gasteiger partial charge in [0, 0.05) is 11.3 Å². The second-order valence-corrected chi connectivity index (χ2v) is 6.75. The predicted octanol–water partition coefficient (Wildman–Crippen LogP) is 3.06. The van der Waals surface area contributed by atoms with Gasteiger partial charge in [0.2, 0.25) is 11.1 Å². The number of aromatic nitrogens is 3. The zero-order valence-corrected chi connectivity index (χ0v) is 14.5. The molecule has 0 unspecified atom stereocenters. The summed E-state index contributed by atoms with van der Waals surface area (Å²) in [4.78, 5) is 12.3. The average molecular weight is 375 g/mol. The van der Waals surface area contributed by atoms with Gasteiger partial charge >= 0.3 is 0 Å². The fourth-order valence-corrected chi connectivity index (χ4v) is 2.97. The van der Waals surface area contributed by atoms with Crippen LogP contribution in [0.25, 0.3) is 11.4 Å². The number of halogens is 2. The van der Waals surface area contributed by atoms with Crippen LogP contribution in [0.1, 0.15) is 6.92 Å². The van der Waals surface area contributed by atoms with Crippen molar-refractivity contribution in [2.24, 2.45) is 0 Å². The van der Waals surface area contributed by atoms with Crippen molar-refractivity contribution in [3.63, 3.8) is 0 Å². The second-order valence-electron chi connectivity index (χ2n) is 5.45. The Bertz CT molecular complexity index is 946. The van der Waals surface area contributed by atoms with Crippen LogP contribution < -0.4 is 11.2 Å². The van der Waals surface area contributed by atoms with E-state index in [-0.39, 0.29) is 11.7 Å². The summed E-state index contributed by atoms with van der Waals surface area (Å²) in [6, 6.07) is 11.4. The standard InChI is InChI=1S/C17H15F2N5OS/c1-10(16(25)21-14-7-3-6-13(19)9-14)26-17-23-22-15(24(17)20)11-4-2-5-12(18)8-11/h2-10H,20H2,1H3,(H,21,25)/t10-/m1/s1. The monoisotopic (exact) mass is 375 g/mol. The van der Waals surface area contributed by atoms with Crippen molar-refractivity contribution in [3.8, 4) is 11.4 Å². The molecule has 0 aliphatic heterocycles. The highest BCUT2D eigenvalue weighted by Gasteiger charge is 2.20. The van der Waals surface area contributed by atoms with Crippen LogP contribution in [0.3, 0.4) is 0 Å². The Balaban J connectivity index is 1.71. The summed E-state index contributed by atoms with van der Waals surface area (Å²) >= 11 is 1.09. The van der Waals surface area contributed by atoms with Gasteiger partial charge < -0.3 is 11.2 Å². The third-order valence-corrected chi connectivity index (χ3v) is 4.55. The Morgan fingerprint density at radius 1 is 1.15 bits per heavy atom. The molecule has 2 aromatic carbocycles. The molecule has 9 heteroatoms. The van der Waals surface area contributed by atoms with Gasteiger partial charge in [0.1, 0.15) is 11.6 Å². The highest BCUT2D eigenvalue weighted by molar-refractivity contribution is 8.00. The summed E-state index contributed by atoms with van der Waals surface area (Å²) in [6.45, 7) is 1.66. The van der Waals surface area contributed by atoms with E-state index in [0.717, 1.165) is 11.8 Å². The highest BCUT2D eigenvalue weighted by atomic mass is 32.2. The lowest BCUT2D eigenvalue weighted by Gasteiger charge is -2.11. The first-order valence-corrected chi connectivity index (χ1v) is 8.51. The first kappa shape index (κ1) is 17.9. The van der Waals surface area contributed by atoms with E-state index in [1.807, 2.05) is 0 Å². The van der Waals surface area contributed by atoms with Gasteiger partial charge in [0.25, 0.3) is 0 Å². The van der Waals surface area contributed by atoms with Crippen LogP contribution in [0, 0.1) is 11.6 Å². The summed E-state index contributed by atoms with van der Waals surface area (Å²) in [7, 11) is 0. The van der Waals surface area contributed by atoms with E-state index in [1.165, 1.54) is 35.0 Å². The van der Waals surface area contributed by atoms with Crippen LogP contribution in [0.4, 0.5) is 14.5 Å². The van der Waals surface area contributed by atoms with E-state index in [9.17, 15) is 13.6 Å². The van der Waals surface area contributed by atoms with Crippen LogP contribution in [0.5, 0.6) is 0 Å². The highest BCUT2D eigenvalue weighted by Crippen LogP contribution is 2.25. The number of amides is 1. The minimum atomic E-state index is -0.565. The van der Waals surface area contributed by atoms with Gasteiger partial charge in [-0.15, -0.1) is 10.2 Å². The van der Waals surface area contributed by atoms with Crippen molar-refractivity contribution in [2.75, 3.05) is 11.2 Å². The number of rotatable bonds is 5. The number of thioether (sulfide) groups is 1. The molecular weight excluding hydrogens is 360 g/mol. The molecule has 0 radical (unpaired) electrons. The third kappa shape index (κ3) is 3.99. The van der Waals surface area contributed by atoms with Crippen molar-refractivity contribution in [1.82, 2.24) is 14.9 Å². The van der Waals surface area contributed by atoms with Gasteiger partial charge in [-0.3, -0.25) is 4.79 Å². The second kappa shape index (κ2) is 7.52. The van der Waals surface area contributed by atoms with E-state index in [4.69, 9.17) is 5.84 Å². The lowest BCUT2D eigenvalue weighted by Crippen LogP contribution is -2.23. The van der Waals surface area contributed by atoms with Crippen molar-refractivity contribution >= 4 is 23.4 Å². The maximum absolute atomic E-state index is 13.4. The van der Waals surface area contributed by atoms with Crippen LogP contribution in [0.15, 0.2) is 53.7 Å². The molecule has 0 aliphatic rings. The summed E-state index contributed by atoms with van der Waals surface area (Å²) in [5, 5.41) is 10.3. The van der Waals surface area contributed by atoms with Gasteiger partial charge in [-0.05, 0) is 37.3 Å². The predicted molar refractivity (Wildman–Crippen MR) is 95.9 cm³/mol. The van der Waals surface area contributed by atoms with E-state index in [0.29, 0.717) is 16.4 Å². The van der Waals surface area contributed by atoms with E-state index in [1.54, 1.807) is 25.1 Å². The Hall–Kier alpha value is -2.94. The summed E-state index contributed by atoms with van der Waals surface area (Å²) in [5.41, 5.74) is 0.834. The molecule has 0 bridgehead atoms. The molecule has 0 spiro atoms. The molecule has 0 saturated carbocycles. The molecule has 1 atom stereocenters. The van der Waals surface area contributed by atoms with Crippen molar-refractivity contribution < 1.29 is 13.6 Å². The quantitative estimate of drug-likeness (QED) is 0.529. The van der Waals surface area contributed by atoms with Gasteiger partial charge in [0.05, 0.1) is 5.25 Å². The number of nitrogens with one attached hydrogen (secondary N) is 1. The maximum Gasteiger partial charge on any atom is 0.237 e. The molecule has 3 aromatic rings. The lowest BCUT2D eigenvalue weighted by molar-refractivity contribution is -0.115. The minimum absolute atomic E-state index is 0.282. The molecular formula is C17H15F2N5OS. The molecule has 3 rings (SSSR count).